The third-order valence-corrected chi connectivity index (χ3v) is 3.11. The van der Waals surface area contributed by atoms with Gasteiger partial charge >= 0.3 is 0 Å². The molecule has 0 rings (SSSR count). The number of hydrogen-bond donors (Lipinski definition) is 2. The van der Waals surface area contributed by atoms with Crippen LogP contribution in [-0.2, 0) is 4.74 Å². The van der Waals surface area contributed by atoms with Gasteiger partial charge in [-0.1, -0.05) is 57.9 Å². The summed E-state index contributed by atoms with van der Waals surface area (Å²) in [6, 6.07) is 0. The van der Waals surface area contributed by atoms with E-state index < -0.39 is 0 Å². The maximum absolute atomic E-state index is 5.63. The molecule has 1 nitrogen and oxygen atoms in total. The van der Waals surface area contributed by atoms with Crippen LogP contribution in [0.25, 0.3) is 0 Å². The van der Waals surface area contributed by atoms with Crippen LogP contribution in [0, 0.1) is 0 Å². The summed E-state index contributed by atoms with van der Waals surface area (Å²) in [7, 11) is 0. The SMILES string of the molecule is C=CC(CCCCCCCCC)OCC(S)S. The highest BCUT2D eigenvalue weighted by Crippen LogP contribution is 2.13. The standard InChI is InChI=1S/C14H28OS2/c1-3-5-6-7-8-9-10-11-13(4-2)15-12-14(16)17/h4,13-14,16-17H,2-3,5-12H2,1H3. The quantitative estimate of drug-likeness (QED) is 0.223. The second kappa shape index (κ2) is 12.8. The largest absolute Gasteiger partial charge is 0.372 e. The Morgan fingerprint density at radius 1 is 1.06 bits per heavy atom. The minimum atomic E-state index is 0.00601. The Hall–Kier alpha value is 0.400. The summed E-state index contributed by atoms with van der Waals surface area (Å²) < 4.78 is 5.63. The Morgan fingerprint density at radius 2 is 1.65 bits per heavy atom. The van der Waals surface area contributed by atoms with Gasteiger partial charge in [0.15, 0.2) is 0 Å². The lowest BCUT2D eigenvalue weighted by Gasteiger charge is -2.14. The predicted octanol–water partition coefficient (Wildman–Crippen LogP) is 4.88. The van der Waals surface area contributed by atoms with Crippen LogP contribution in [0.1, 0.15) is 58.3 Å². The van der Waals surface area contributed by atoms with Gasteiger partial charge in [0.2, 0.25) is 0 Å². The van der Waals surface area contributed by atoms with Crippen molar-refractivity contribution < 1.29 is 4.74 Å². The van der Waals surface area contributed by atoms with Crippen LogP contribution in [0.15, 0.2) is 12.7 Å². The van der Waals surface area contributed by atoms with E-state index in [1.165, 1.54) is 44.9 Å². The van der Waals surface area contributed by atoms with Crippen molar-refractivity contribution in [1.29, 1.82) is 0 Å². The van der Waals surface area contributed by atoms with Crippen LogP contribution in [0.3, 0.4) is 0 Å². The number of thiol groups is 2. The number of ether oxygens (including phenoxy) is 1. The van der Waals surface area contributed by atoms with E-state index in [1.54, 1.807) is 0 Å². The first-order valence-corrected chi connectivity index (χ1v) is 7.84. The van der Waals surface area contributed by atoms with Crippen LogP contribution in [0.2, 0.25) is 0 Å². The molecule has 1 unspecified atom stereocenters. The Morgan fingerprint density at radius 3 is 2.18 bits per heavy atom. The van der Waals surface area contributed by atoms with E-state index in [0.717, 1.165) is 6.42 Å². The molecule has 0 aromatic carbocycles. The monoisotopic (exact) mass is 276 g/mol. The van der Waals surface area contributed by atoms with Gasteiger partial charge in [0.25, 0.3) is 0 Å². The first-order valence-electron chi connectivity index (χ1n) is 6.81. The zero-order valence-electron chi connectivity index (χ0n) is 11.1. The molecule has 0 bridgehead atoms. The molecular formula is C14H28OS2. The van der Waals surface area contributed by atoms with Crippen LogP contribution < -0.4 is 0 Å². The molecule has 102 valence electrons. The molecule has 17 heavy (non-hydrogen) atoms. The van der Waals surface area contributed by atoms with E-state index in [4.69, 9.17) is 4.74 Å². The summed E-state index contributed by atoms with van der Waals surface area (Å²) >= 11 is 8.35. The zero-order valence-corrected chi connectivity index (χ0v) is 12.9. The zero-order chi connectivity index (χ0) is 12.9. The second-order valence-corrected chi connectivity index (χ2v) is 6.15. The molecule has 0 fully saturated rings. The van der Waals surface area contributed by atoms with E-state index >= 15 is 0 Å². The topological polar surface area (TPSA) is 9.23 Å². The van der Waals surface area contributed by atoms with Gasteiger partial charge in [-0.05, 0) is 6.42 Å². The number of unbranched alkanes of at least 4 members (excludes halogenated alkanes) is 6. The first-order chi connectivity index (χ1) is 8.20. The molecule has 0 aliphatic carbocycles. The fourth-order valence-corrected chi connectivity index (χ4v) is 1.95. The molecule has 0 heterocycles. The number of rotatable bonds is 12. The molecule has 0 amide bonds. The van der Waals surface area contributed by atoms with Gasteiger partial charge in [-0.25, -0.2) is 0 Å². The summed E-state index contributed by atoms with van der Waals surface area (Å²) in [6.45, 7) is 6.64. The van der Waals surface area contributed by atoms with Crippen molar-refractivity contribution in [3.8, 4) is 0 Å². The fraction of sp³-hybridized carbons (Fsp3) is 0.857. The predicted molar refractivity (Wildman–Crippen MR) is 84.3 cm³/mol. The van der Waals surface area contributed by atoms with Gasteiger partial charge in [-0.15, -0.1) is 6.58 Å². The average Bonchev–Trinajstić information content (AvgIpc) is 2.31. The van der Waals surface area contributed by atoms with Crippen LogP contribution in [0.5, 0.6) is 0 Å². The van der Waals surface area contributed by atoms with Crippen molar-refractivity contribution in [2.45, 2.75) is 69.0 Å². The van der Waals surface area contributed by atoms with E-state index in [9.17, 15) is 0 Å². The van der Waals surface area contributed by atoms with Crippen molar-refractivity contribution in [3.63, 3.8) is 0 Å². The summed E-state index contributed by atoms with van der Waals surface area (Å²) in [4.78, 5) is 0. The molecule has 0 saturated heterocycles. The van der Waals surface area contributed by atoms with E-state index in [2.05, 4.69) is 38.8 Å². The summed E-state index contributed by atoms with van der Waals surface area (Å²) in [6.07, 6.45) is 12.5. The van der Waals surface area contributed by atoms with Crippen molar-refractivity contribution in [1.82, 2.24) is 0 Å². The summed E-state index contributed by atoms with van der Waals surface area (Å²) in [5, 5.41) is 0. The van der Waals surface area contributed by atoms with Gasteiger partial charge in [-0.2, -0.15) is 25.3 Å². The minimum absolute atomic E-state index is 0.00601. The molecule has 0 saturated carbocycles. The van der Waals surface area contributed by atoms with E-state index in [-0.39, 0.29) is 10.7 Å². The second-order valence-electron chi connectivity index (χ2n) is 4.50. The highest BCUT2D eigenvalue weighted by atomic mass is 32.2. The van der Waals surface area contributed by atoms with Crippen LogP contribution >= 0.6 is 25.3 Å². The molecule has 0 N–H and O–H groups in total. The molecular weight excluding hydrogens is 248 g/mol. The molecule has 0 aliphatic heterocycles. The van der Waals surface area contributed by atoms with Crippen LogP contribution in [-0.4, -0.2) is 17.3 Å². The molecule has 3 heteroatoms. The fourth-order valence-electron chi connectivity index (χ4n) is 1.78. The Kier molecular flexibility index (Phi) is 13.1. The maximum atomic E-state index is 5.63. The van der Waals surface area contributed by atoms with E-state index in [1.807, 2.05) is 6.08 Å². The lowest BCUT2D eigenvalue weighted by atomic mass is 10.1. The van der Waals surface area contributed by atoms with Crippen molar-refractivity contribution in [2.24, 2.45) is 0 Å². The Balaban J connectivity index is 3.34. The highest BCUT2D eigenvalue weighted by molar-refractivity contribution is 7.99. The third kappa shape index (κ3) is 12.6. The van der Waals surface area contributed by atoms with E-state index in [0.29, 0.717) is 6.61 Å². The molecule has 0 radical (unpaired) electrons. The van der Waals surface area contributed by atoms with Gasteiger partial charge in [0.1, 0.15) is 0 Å². The molecule has 1 atom stereocenters. The van der Waals surface area contributed by atoms with Gasteiger partial charge in [-0.3, -0.25) is 0 Å². The summed E-state index contributed by atoms with van der Waals surface area (Å²) in [5.74, 6) is 0. The highest BCUT2D eigenvalue weighted by Gasteiger charge is 2.05. The lowest BCUT2D eigenvalue weighted by molar-refractivity contribution is 0.0877. The Bertz CT molecular complexity index is 172. The summed E-state index contributed by atoms with van der Waals surface area (Å²) in [5.41, 5.74) is 0. The van der Waals surface area contributed by atoms with Gasteiger partial charge in [0.05, 0.1) is 17.3 Å². The third-order valence-electron chi connectivity index (χ3n) is 2.81. The Labute approximate surface area is 118 Å². The van der Waals surface area contributed by atoms with Crippen molar-refractivity contribution >= 4 is 25.3 Å². The first kappa shape index (κ1) is 17.4. The molecule has 0 spiro atoms. The minimum Gasteiger partial charge on any atom is -0.372 e. The molecule has 0 aromatic heterocycles. The van der Waals surface area contributed by atoms with Crippen molar-refractivity contribution in [3.05, 3.63) is 12.7 Å². The maximum Gasteiger partial charge on any atom is 0.0754 e. The normalized spacial score (nSPS) is 12.9. The molecule has 0 aliphatic rings. The van der Waals surface area contributed by atoms with Gasteiger partial charge in [0, 0.05) is 0 Å². The van der Waals surface area contributed by atoms with Crippen molar-refractivity contribution in [2.75, 3.05) is 6.61 Å². The van der Waals surface area contributed by atoms with Gasteiger partial charge < -0.3 is 4.74 Å². The van der Waals surface area contributed by atoms with Crippen LogP contribution in [0.4, 0.5) is 0 Å². The number of hydrogen-bond acceptors (Lipinski definition) is 3. The smallest absolute Gasteiger partial charge is 0.0754 e. The lowest BCUT2D eigenvalue weighted by Crippen LogP contribution is -2.14. The molecule has 0 aromatic rings. The average molecular weight is 277 g/mol.